The number of rotatable bonds is 6. The molecule has 1 aliphatic carbocycles. The third-order valence-corrected chi connectivity index (χ3v) is 5.07. The van der Waals surface area contributed by atoms with E-state index in [9.17, 15) is 5.11 Å². The average molecular weight is 308 g/mol. The van der Waals surface area contributed by atoms with Gasteiger partial charge in [0.2, 0.25) is 0 Å². The second-order valence-corrected chi connectivity index (χ2v) is 6.55. The number of hydrogen-bond acceptors (Lipinski definition) is 5. The Balaban J connectivity index is 1.96. The predicted molar refractivity (Wildman–Crippen MR) is 87.1 cm³/mol. The van der Waals surface area contributed by atoms with Crippen LogP contribution in [0.25, 0.3) is 4.96 Å². The Labute approximate surface area is 129 Å². The summed E-state index contributed by atoms with van der Waals surface area (Å²) >= 11 is 1.67. The molecule has 1 saturated carbocycles. The first-order chi connectivity index (χ1) is 10.3. The van der Waals surface area contributed by atoms with Crippen LogP contribution in [0, 0.1) is 0 Å². The van der Waals surface area contributed by atoms with E-state index in [2.05, 4.69) is 26.2 Å². The molecule has 0 saturated heterocycles. The van der Waals surface area contributed by atoms with E-state index >= 15 is 0 Å². The van der Waals surface area contributed by atoms with Crippen LogP contribution in [-0.2, 0) is 6.54 Å². The van der Waals surface area contributed by atoms with Crippen molar-refractivity contribution in [3.05, 3.63) is 17.3 Å². The predicted octanol–water partition coefficient (Wildman–Crippen LogP) is 2.25. The molecular weight excluding hydrogens is 284 g/mol. The Bertz CT molecular complexity index is 573. The summed E-state index contributed by atoms with van der Waals surface area (Å²) in [6.45, 7) is 1.65. The van der Waals surface area contributed by atoms with Crippen LogP contribution in [0.3, 0.4) is 0 Å². The molecule has 0 atom stereocenters. The van der Waals surface area contributed by atoms with Crippen LogP contribution in [0.1, 0.15) is 37.8 Å². The zero-order chi connectivity index (χ0) is 14.7. The van der Waals surface area contributed by atoms with Crippen molar-refractivity contribution in [2.45, 2.75) is 44.7 Å². The van der Waals surface area contributed by atoms with Gasteiger partial charge < -0.3 is 15.3 Å². The maximum absolute atomic E-state index is 9.49. The minimum Gasteiger partial charge on any atom is -0.395 e. The molecule has 0 radical (unpaired) electrons. The maximum Gasteiger partial charge on any atom is 0.195 e. The van der Waals surface area contributed by atoms with Crippen molar-refractivity contribution in [1.29, 1.82) is 0 Å². The molecule has 6 heteroatoms. The van der Waals surface area contributed by atoms with Crippen LogP contribution < -0.4 is 10.2 Å². The number of nitrogens with one attached hydrogen (secondary N) is 1. The van der Waals surface area contributed by atoms with Crippen LogP contribution >= 0.6 is 11.3 Å². The monoisotopic (exact) mass is 308 g/mol. The Morgan fingerprint density at radius 3 is 2.95 bits per heavy atom. The van der Waals surface area contributed by atoms with E-state index in [4.69, 9.17) is 4.98 Å². The van der Waals surface area contributed by atoms with E-state index in [0.717, 1.165) is 17.3 Å². The van der Waals surface area contributed by atoms with E-state index in [0.29, 0.717) is 12.6 Å². The minimum absolute atomic E-state index is 0.181. The smallest absolute Gasteiger partial charge is 0.195 e. The largest absolute Gasteiger partial charge is 0.395 e. The molecule has 2 aromatic heterocycles. The first-order valence-electron chi connectivity index (χ1n) is 7.81. The summed E-state index contributed by atoms with van der Waals surface area (Å²) in [6.07, 6.45) is 8.42. The summed E-state index contributed by atoms with van der Waals surface area (Å²) < 4.78 is 2.17. The highest BCUT2D eigenvalue weighted by molar-refractivity contribution is 7.15. The van der Waals surface area contributed by atoms with Gasteiger partial charge in [0.1, 0.15) is 0 Å². The number of aliphatic hydroxyl groups excluding tert-OH is 1. The topological polar surface area (TPSA) is 52.8 Å². The molecule has 0 amide bonds. The fourth-order valence-electron chi connectivity index (χ4n) is 3.34. The van der Waals surface area contributed by atoms with Gasteiger partial charge in [0.25, 0.3) is 0 Å². The van der Waals surface area contributed by atoms with Crippen LogP contribution in [0.2, 0.25) is 0 Å². The van der Waals surface area contributed by atoms with Crippen molar-refractivity contribution in [3.8, 4) is 0 Å². The molecule has 116 valence electrons. The Morgan fingerprint density at radius 1 is 1.43 bits per heavy atom. The standard InChI is InChI=1S/C15H24N4OS/c1-16-11-13-14(17-15-19(13)8-10-21-15)18(7-9-20)12-5-3-2-4-6-12/h8,10,12,16,20H,2-7,9,11H2,1H3. The van der Waals surface area contributed by atoms with Crippen molar-refractivity contribution in [2.75, 3.05) is 25.1 Å². The van der Waals surface area contributed by atoms with Crippen molar-refractivity contribution in [2.24, 2.45) is 0 Å². The van der Waals surface area contributed by atoms with E-state index in [1.54, 1.807) is 11.3 Å². The van der Waals surface area contributed by atoms with Crippen molar-refractivity contribution >= 4 is 22.1 Å². The van der Waals surface area contributed by atoms with Crippen molar-refractivity contribution < 1.29 is 5.11 Å². The molecule has 0 bridgehead atoms. The second kappa shape index (κ2) is 6.77. The van der Waals surface area contributed by atoms with Gasteiger partial charge in [0.15, 0.2) is 10.8 Å². The van der Waals surface area contributed by atoms with Gasteiger partial charge >= 0.3 is 0 Å². The number of thiazole rings is 1. The maximum atomic E-state index is 9.49. The highest BCUT2D eigenvalue weighted by Gasteiger charge is 2.26. The molecule has 2 N–H and O–H groups in total. The zero-order valence-corrected chi connectivity index (χ0v) is 13.4. The lowest BCUT2D eigenvalue weighted by Crippen LogP contribution is -2.40. The Kier molecular flexibility index (Phi) is 4.77. The molecule has 5 nitrogen and oxygen atoms in total. The molecule has 3 rings (SSSR count). The van der Waals surface area contributed by atoms with Gasteiger partial charge in [0.05, 0.1) is 12.3 Å². The number of aliphatic hydroxyl groups is 1. The van der Waals surface area contributed by atoms with Crippen molar-refractivity contribution in [3.63, 3.8) is 0 Å². The quantitative estimate of drug-likeness (QED) is 0.859. The van der Waals surface area contributed by atoms with E-state index in [1.807, 2.05) is 7.05 Å². The fraction of sp³-hybridized carbons (Fsp3) is 0.667. The summed E-state index contributed by atoms with van der Waals surface area (Å²) in [7, 11) is 1.96. The van der Waals surface area contributed by atoms with Crippen LogP contribution in [-0.4, -0.2) is 40.7 Å². The van der Waals surface area contributed by atoms with Crippen molar-refractivity contribution in [1.82, 2.24) is 14.7 Å². The number of nitrogens with zero attached hydrogens (tertiary/aromatic N) is 3. The Morgan fingerprint density at radius 2 is 2.24 bits per heavy atom. The molecular formula is C15H24N4OS. The van der Waals surface area contributed by atoms with Crippen LogP contribution in [0.4, 0.5) is 5.82 Å². The molecule has 1 aliphatic rings. The zero-order valence-electron chi connectivity index (χ0n) is 12.6. The molecule has 0 aliphatic heterocycles. The van der Waals surface area contributed by atoms with E-state index < -0.39 is 0 Å². The molecule has 0 unspecified atom stereocenters. The van der Waals surface area contributed by atoms with Gasteiger partial charge in [0, 0.05) is 30.7 Å². The third kappa shape index (κ3) is 2.93. The van der Waals surface area contributed by atoms with Gasteiger partial charge in [-0.1, -0.05) is 19.3 Å². The number of hydrogen-bond donors (Lipinski definition) is 2. The number of anilines is 1. The summed E-state index contributed by atoms with van der Waals surface area (Å²) in [5, 5.41) is 14.8. The van der Waals surface area contributed by atoms with Crippen LogP contribution in [0.15, 0.2) is 11.6 Å². The number of imidazole rings is 1. The first-order valence-corrected chi connectivity index (χ1v) is 8.69. The summed E-state index contributed by atoms with van der Waals surface area (Å²) in [5.74, 6) is 1.05. The number of fused-ring (bicyclic) bond motifs is 1. The Hall–Kier alpha value is -1.11. The first kappa shape index (κ1) is 14.8. The lowest BCUT2D eigenvalue weighted by atomic mass is 9.94. The SMILES string of the molecule is CNCc1c(N(CCO)C2CCCCC2)nc2sccn12. The molecule has 0 aromatic carbocycles. The fourth-order valence-corrected chi connectivity index (χ4v) is 4.07. The van der Waals surface area contributed by atoms with E-state index in [-0.39, 0.29) is 6.61 Å². The van der Waals surface area contributed by atoms with Gasteiger partial charge in [-0.25, -0.2) is 4.98 Å². The molecule has 0 spiro atoms. The molecule has 21 heavy (non-hydrogen) atoms. The summed E-state index contributed by atoms with van der Waals surface area (Å²) in [6, 6.07) is 0.520. The lowest BCUT2D eigenvalue weighted by molar-refractivity contribution is 0.289. The normalized spacial score (nSPS) is 16.7. The summed E-state index contributed by atoms with van der Waals surface area (Å²) in [4.78, 5) is 8.22. The highest BCUT2D eigenvalue weighted by atomic mass is 32.1. The minimum atomic E-state index is 0.181. The van der Waals surface area contributed by atoms with Gasteiger partial charge in [-0.3, -0.25) is 4.40 Å². The highest BCUT2D eigenvalue weighted by Crippen LogP contribution is 2.30. The van der Waals surface area contributed by atoms with E-state index in [1.165, 1.54) is 37.8 Å². The average Bonchev–Trinajstić information content (AvgIpc) is 3.09. The number of aromatic nitrogens is 2. The third-order valence-electron chi connectivity index (χ3n) is 4.31. The molecule has 1 fully saturated rings. The second-order valence-electron chi connectivity index (χ2n) is 5.68. The summed E-state index contributed by atoms with van der Waals surface area (Å²) in [5.41, 5.74) is 1.20. The van der Waals surface area contributed by atoms with Gasteiger partial charge in [-0.05, 0) is 19.9 Å². The van der Waals surface area contributed by atoms with Gasteiger partial charge in [-0.15, -0.1) is 11.3 Å². The molecule has 2 heterocycles. The lowest BCUT2D eigenvalue weighted by Gasteiger charge is -2.35. The van der Waals surface area contributed by atoms with Crippen LogP contribution in [0.5, 0.6) is 0 Å². The molecule has 2 aromatic rings. The van der Waals surface area contributed by atoms with Gasteiger partial charge in [-0.2, -0.15) is 0 Å².